The molecular weight excluding hydrogens is 564 g/mol. The van der Waals surface area contributed by atoms with E-state index in [1.54, 1.807) is 0 Å². The fraction of sp³-hybridized carbons (Fsp3) is 0.577. The zero-order chi connectivity index (χ0) is 28.7. The Morgan fingerprint density at radius 3 is 2.10 bits per heavy atom. The molecule has 0 bridgehead atoms. The number of rotatable bonds is 4. The van der Waals surface area contributed by atoms with Gasteiger partial charge in [-0.2, -0.15) is 36.3 Å². The Hall–Kier alpha value is -2.80. The van der Waals surface area contributed by atoms with Crippen molar-refractivity contribution in [3.8, 4) is 5.88 Å². The van der Waals surface area contributed by atoms with E-state index in [2.05, 4.69) is 14.9 Å². The Morgan fingerprint density at radius 2 is 1.50 bits per heavy atom. The molecule has 1 aromatic heterocycles. The molecular formula is C26H28ClF6N5O2. The first-order valence-electron chi connectivity index (χ1n) is 13.2. The first kappa shape index (κ1) is 28.7. The molecule has 1 aromatic carbocycles. The molecule has 2 aromatic rings. The molecule has 3 aliphatic rings. The number of likely N-dealkylation sites (tertiary alicyclic amines) is 1. The first-order chi connectivity index (χ1) is 18.9. The van der Waals surface area contributed by atoms with Crippen molar-refractivity contribution < 1.29 is 35.9 Å². The second kappa shape index (κ2) is 11.2. The highest BCUT2D eigenvalue weighted by Gasteiger charge is 2.38. The number of piperidine rings is 1. The molecule has 0 radical (unpaired) electrons. The Balaban J connectivity index is 1.38. The molecule has 0 aliphatic carbocycles. The Labute approximate surface area is 232 Å². The Bertz CT molecular complexity index is 1210. The smallest absolute Gasteiger partial charge is 0.416 e. The van der Waals surface area contributed by atoms with Gasteiger partial charge in [0.05, 0.1) is 17.7 Å². The summed E-state index contributed by atoms with van der Waals surface area (Å²) in [5, 5.41) is -0.182. The van der Waals surface area contributed by atoms with Gasteiger partial charge < -0.3 is 19.4 Å². The van der Waals surface area contributed by atoms with Gasteiger partial charge in [-0.05, 0) is 69.0 Å². The van der Waals surface area contributed by atoms with E-state index in [9.17, 15) is 31.1 Å². The largest absolute Gasteiger partial charge is 0.477 e. The van der Waals surface area contributed by atoms with Crippen molar-refractivity contribution in [3.05, 3.63) is 45.6 Å². The van der Waals surface area contributed by atoms with Crippen LogP contribution < -0.4 is 9.64 Å². The molecule has 14 heteroatoms. The minimum Gasteiger partial charge on any atom is -0.477 e. The summed E-state index contributed by atoms with van der Waals surface area (Å²) in [5.41, 5.74) is -3.37. The van der Waals surface area contributed by atoms with Crippen molar-refractivity contribution in [2.75, 3.05) is 44.2 Å². The van der Waals surface area contributed by atoms with Crippen LogP contribution in [0.4, 0.5) is 32.3 Å². The lowest BCUT2D eigenvalue weighted by Crippen LogP contribution is -2.44. The van der Waals surface area contributed by atoms with Crippen molar-refractivity contribution >= 4 is 23.5 Å². The third kappa shape index (κ3) is 6.24. The number of carbonyl (C=O) groups excluding carboxylic acids is 1. The van der Waals surface area contributed by atoms with Gasteiger partial charge in [0, 0.05) is 32.2 Å². The topological polar surface area (TPSA) is 61.8 Å². The van der Waals surface area contributed by atoms with Crippen LogP contribution in [0.25, 0.3) is 0 Å². The summed E-state index contributed by atoms with van der Waals surface area (Å²) < 4.78 is 85.8. The SMILES string of the molecule is O=C1c2c(Cl)nc(N3CCC(N4CCCC4)CC3)nc2OCCCN1Cc1cc(C(F)(F)F)cc(C(F)(F)F)c1. The lowest BCUT2D eigenvalue weighted by molar-refractivity contribution is -0.143. The number of anilines is 1. The second-order valence-electron chi connectivity index (χ2n) is 10.3. The van der Waals surface area contributed by atoms with Crippen LogP contribution in [0.3, 0.4) is 0 Å². The van der Waals surface area contributed by atoms with Gasteiger partial charge in [-0.3, -0.25) is 4.79 Å². The quantitative estimate of drug-likeness (QED) is 0.338. The van der Waals surface area contributed by atoms with E-state index >= 15 is 0 Å². The summed E-state index contributed by atoms with van der Waals surface area (Å²) in [4.78, 5) is 27.9. The predicted octanol–water partition coefficient (Wildman–Crippen LogP) is 5.66. The highest BCUT2D eigenvalue weighted by atomic mass is 35.5. The summed E-state index contributed by atoms with van der Waals surface area (Å²) in [6.45, 7) is 3.27. The molecule has 0 saturated carbocycles. The van der Waals surface area contributed by atoms with Crippen LogP contribution in [0.2, 0.25) is 5.15 Å². The average molecular weight is 592 g/mol. The molecule has 0 spiro atoms. The molecule has 5 rings (SSSR count). The number of ether oxygens (including phenoxy) is 1. The van der Waals surface area contributed by atoms with Gasteiger partial charge in [-0.25, -0.2) is 0 Å². The number of amides is 1. The van der Waals surface area contributed by atoms with Crippen molar-refractivity contribution in [1.82, 2.24) is 19.8 Å². The standard InChI is InChI=1S/C26H28ClF6N5O2/c27-21-20-22(35-24(34-21)37-9-4-19(5-10-37)36-6-1-2-7-36)40-11-3-8-38(23(20)39)15-16-12-17(25(28,29)30)14-18(13-16)26(31,32)33/h12-14,19H,1-11,15H2. The fourth-order valence-electron chi connectivity index (χ4n) is 5.53. The van der Waals surface area contributed by atoms with Crippen molar-refractivity contribution in [3.63, 3.8) is 0 Å². The molecule has 0 unspecified atom stereocenters. The number of hydrogen-bond acceptors (Lipinski definition) is 6. The normalized spacial score (nSPS) is 19.8. The highest BCUT2D eigenvalue weighted by Crippen LogP contribution is 2.37. The molecule has 0 atom stereocenters. The molecule has 1 amide bonds. The number of carbonyl (C=O) groups is 1. The van der Waals surface area contributed by atoms with E-state index in [-0.39, 0.29) is 47.8 Å². The second-order valence-corrected chi connectivity index (χ2v) is 10.7. The number of benzene rings is 1. The van der Waals surface area contributed by atoms with Gasteiger partial charge in [0.1, 0.15) is 5.56 Å². The van der Waals surface area contributed by atoms with Crippen LogP contribution in [0.5, 0.6) is 5.88 Å². The van der Waals surface area contributed by atoms with Gasteiger partial charge in [0.15, 0.2) is 5.15 Å². The van der Waals surface area contributed by atoms with Gasteiger partial charge >= 0.3 is 12.4 Å². The van der Waals surface area contributed by atoms with Crippen LogP contribution in [0.15, 0.2) is 18.2 Å². The first-order valence-corrected chi connectivity index (χ1v) is 13.5. The average Bonchev–Trinajstić information content (AvgIpc) is 3.43. The Kier molecular flexibility index (Phi) is 8.06. The fourth-order valence-corrected chi connectivity index (χ4v) is 5.77. The Morgan fingerprint density at radius 1 is 0.875 bits per heavy atom. The monoisotopic (exact) mass is 591 g/mol. The molecule has 2 fully saturated rings. The number of halogens is 7. The number of alkyl halides is 6. The zero-order valence-electron chi connectivity index (χ0n) is 21.5. The lowest BCUT2D eigenvalue weighted by atomic mass is 10.0. The molecule has 2 saturated heterocycles. The van der Waals surface area contributed by atoms with E-state index in [1.807, 2.05) is 4.90 Å². The van der Waals surface area contributed by atoms with E-state index in [0.717, 1.165) is 30.8 Å². The molecule has 3 aliphatic heterocycles. The molecule has 7 nitrogen and oxygen atoms in total. The number of aromatic nitrogens is 2. The van der Waals surface area contributed by atoms with Crippen molar-refractivity contribution in [2.24, 2.45) is 0 Å². The van der Waals surface area contributed by atoms with E-state index in [4.69, 9.17) is 16.3 Å². The molecule has 4 heterocycles. The predicted molar refractivity (Wildman–Crippen MR) is 134 cm³/mol. The maximum atomic E-state index is 13.5. The van der Waals surface area contributed by atoms with Gasteiger partial charge in [0.25, 0.3) is 5.91 Å². The minimum atomic E-state index is -4.99. The van der Waals surface area contributed by atoms with Crippen LogP contribution in [0, 0.1) is 0 Å². The number of hydrogen-bond donors (Lipinski definition) is 0. The zero-order valence-corrected chi connectivity index (χ0v) is 22.2. The molecule has 218 valence electrons. The number of fused-ring (bicyclic) bond motifs is 1. The lowest BCUT2D eigenvalue weighted by Gasteiger charge is -2.37. The summed E-state index contributed by atoms with van der Waals surface area (Å²) >= 11 is 6.45. The van der Waals surface area contributed by atoms with Crippen LogP contribution >= 0.6 is 11.6 Å². The van der Waals surface area contributed by atoms with Gasteiger partial charge in [-0.1, -0.05) is 11.6 Å². The number of nitrogens with zero attached hydrogens (tertiary/aromatic N) is 5. The van der Waals surface area contributed by atoms with Crippen LogP contribution in [0.1, 0.15) is 59.2 Å². The third-order valence-electron chi connectivity index (χ3n) is 7.56. The summed E-state index contributed by atoms with van der Waals surface area (Å²) in [6, 6.07) is 1.79. The van der Waals surface area contributed by atoms with Crippen molar-refractivity contribution in [1.29, 1.82) is 0 Å². The summed E-state index contributed by atoms with van der Waals surface area (Å²) in [5.74, 6) is -0.465. The molecule has 40 heavy (non-hydrogen) atoms. The molecule has 0 N–H and O–H groups in total. The van der Waals surface area contributed by atoms with Crippen molar-refractivity contribution in [2.45, 2.75) is 57.0 Å². The van der Waals surface area contributed by atoms with E-state index in [0.29, 0.717) is 37.2 Å². The van der Waals surface area contributed by atoms with Crippen LogP contribution in [-0.4, -0.2) is 71.0 Å². The maximum Gasteiger partial charge on any atom is 0.416 e. The van der Waals surface area contributed by atoms with Gasteiger partial charge in [-0.15, -0.1) is 0 Å². The summed E-state index contributed by atoms with van der Waals surface area (Å²) in [6.07, 6.45) is -5.41. The van der Waals surface area contributed by atoms with Gasteiger partial charge in [0.2, 0.25) is 11.8 Å². The third-order valence-corrected chi connectivity index (χ3v) is 7.83. The van der Waals surface area contributed by atoms with Crippen LogP contribution in [-0.2, 0) is 18.9 Å². The summed E-state index contributed by atoms with van der Waals surface area (Å²) in [7, 11) is 0. The van der Waals surface area contributed by atoms with E-state index in [1.165, 1.54) is 12.8 Å². The maximum absolute atomic E-state index is 13.5. The van der Waals surface area contributed by atoms with E-state index < -0.39 is 35.9 Å². The highest BCUT2D eigenvalue weighted by molar-refractivity contribution is 6.33. The minimum absolute atomic E-state index is 0.0258.